The predicted octanol–water partition coefficient (Wildman–Crippen LogP) is 1.44. The summed E-state index contributed by atoms with van der Waals surface area (Å²) in [4.78, 5) is 0. The van der Waals surface area contributed by atoms with Gasteiger partial charge in [-0.3, -0.25) is 0 Å². The molecule has 1 aliphatic rings. The molecule has 1 heteroatoms. The van der Waals surface area contributed by atoms with Gasteiger partial charge in [0.15, 0.2) is 0 Å². The van der Waals surface area contributed by atoms with Gasteiger partial charge in [-0.1, -0.05) is 6.92 Å². The van der Waals surface area contributed by atoms with Crippen LogP contribution in [0.1, 0.15) is 19.8 Å². The number of hydrogen-bond acceptors (Lipinski definition) is 1. The van der Waals surface area contributed by atoms with E-state index in [0.29, 0.717) is 5.92 Å². The molecule has 0 aromatic carbocycles. The zero-order valence-electron chi connectivity index (χ0n) is 3.99. The van der Waals surface area contributed by atoms with E-state index in [1.807, 2.05) is 0 Å². The van der Waals surface area contributed by atoms with E-state index in [1.54, 1.807) is 0 Å². The molecule has 1 rings (SSSR count). The Morgan fingerprint density at radius 1 is 2.00 bits per heavy atom. The lowest BCUT2D eigenvalue weighted by Crippen LogP contribution is -1.68. The minimum Gasteiger partial charge on any atom is -0.309 e. The normalized spacial score (nSPS) is 30.8. The molecule has 34 valence electrons. The van der Waals surface area contributed by atoms with Gasteiger partial charge in [0.2, 0.25) is 0 Å². The van der Waals surface area contributed by atoms with Crippen molar-refractivity contribution in [3.8, 4) is 0 Å². The Morgan fingerprint density at radius 3 is 2.50 bits per heavy atom. The molecule has 1 aliphatic carbocycles. The maximum Gasteiger partial charge on any atom is 0.0130 e. The van der Waals surface area contributed by atoms with Crippen LogP contribution in [0.15, 0.2) is 0 Å². The molecular weight excluding hydrogens is 74.1 g/mol. The Hall–Kier alpha value is -0.330. The zero-order chi connectivity index (χ0) is 4.57. The van der Waals surface area contributed by atoms with Gasteiger partial charge in [0.25, 0.3) is 0 Å². The fraction of sp³-hybridized carbons (Fsp3) is 0.800. The quantitative estimate of drug-likeness (QED) is 0.496. The maximum absolute atomic E-state index is 6.97. The summed E-state index contributed by atoms with van der Waals surface area (Å²) in [6.45, 7) is 2.13. The third kappa shape index (κ3) is 0.445. The largest absolute Gasteiger partial charge is 0.309 e. The third-order valence-corrected chi connectivity index (χ3v) is 1.29. The Kier molecular flexibility index (Phi) is 0.685. The average molecular weight is 83.1 g/mol. The van der Waals surface area contributed by atoms with E-state index in [2.05, 4.69) is 6.92 Å². The van der Waals surface area contributed by atoms with Crippen molar-refractivity contribution in [2.75, 3.05) is 0 Å². The SMILES string of the molecule is CCC1CC1=N. The van der Waals surface area contributed by atoms with Crippen LogP contribution in [0.5, 0.6) is 0 Å². The van der Waals surface area contributed by atoms with Crippen LogP contribution in [0.2, 0.25) is 0 Å². The van der Waals surface area contributed by atoms with Crippen molar-refractivity contribution in [2.24, 2.45) is 5.92 Å². The van der Waals surface area contributed by atoms with E-state index in [4.69, 9.17) is 5.41 Å². The molecule has 1 atom stereocenters. The Balaban J connectivity index is 2.26. The first kappa shape index (κ1) is 3.85. The molecule has 1 fully saturated rings. The van der Waals surface area contributed by atoms with Crippen LogP contribution >= 0.6 is 0 Å². The number of nitrogens with one attached hydrogen (secondary N) is 1. The second-order valence-electron chi connectivity index (χ2n) is 1.83. The van der Waals surface area contributed by atoms with Crippen LogP contribution < -0.4 is 0 Å². The first-order chi connectivity index (χ1) is 2.84. The minimum absolute atomic E-state index is 0.685. The molecular formula is C5H9N. The average Bonchev–Trinajstić information content (AvgIpc) is 2.19. The second kappa shape index (κ2) is 1.07. The van der Waals surface area contributed by atoms with Gasteiger partial charge in [-0.15, -0.1) is 0 Å². The van der Waals surface area contributed by atoms with Gasteiger partial charge in [-0.05, 0) is 12.8 Å². The van der Waals surface area contributed by atoms with Crippen molar-refractivity contribution in [1.82, 2.24) is 0 Å². The van der Waals surface area contributed by atoms with Gasteiger partial charge >= 0.3 is 0 Å². The molecule has 0 bridgehead atoms. The van der Waals surface area contributed by atoms with E-state index in [1.165, 1.54) is 6.42 Å². The molecule has 1 nitrogen and oxygen atoms in total. The highest BCUT2D eigenvalue weighted by Gasteiger charge is 2.26. The summed E-state index contributed by atoms with van der Waals surface area (Å²) < 4.78 is 0. The molecule has 1 unspecified atom stereocenters. The van der Waals surface area contributed by atoms with Crippen molar-refractivity contribution in [1.29, 1.82) is 5.41 Å². The lowest BCUT2D eigenvalue weighted by atomic mass is 10.3. The van der Waals surface area contributed by atoms with Crippen molar-refractivity contribution in [3.05, 3.63) is 0 Å². The van der Waals surface area contributed by atoms with E-state index in [9.17, 15) is 0 Å². The lowest BCUT2D eigenvalue weighted by Gasteiger charge is -1.73. The summed E-state index contributed by atoms with van der Waals surface area (Å²) >= 11 is 0. The molecule has 1 N–H and O–H groups in total. The van der Waals surface area contributed by atoms with Crippen LogP contribution in [0.25, 0.3) is 0 Å². The van der Waals surface area contributed by atoms with Crippen LogP contribution in [0, 0.1) is 11.3 Å². The third-order valence-electron chi connectivity index (χ3n) is 1.29. The summed E-state index contributed by atoms with van der Waals surface area (Å²) in [6.07, 6.45) is 2.26. The van der Waals surface area contributed by atoms with E-state index < -0.39 is 0 Å². The summed E-state index contributed by atoms with van der Waals surface area (Å²) in [5.41, 5.74) is 0.956. The van der Waals surface area contributed by atoms with Crippen LogP contribution in [-0.4, -0.2) is 5.71 Å². The monoisotopic (exact) mass is 83.1 g/mol. The van der Waals surface area contributed by atoms with Gasteiger partial charge in [0.1, 0.15) is 0 Å². The summed E-state index contributed by atoms with van der Waals surface area (Å²) in [5, 5.41) is 6.97. The Morgan fingerprint density at radius 2 is 2.50 bits per heavy atom. The lowest BCUT2D eigenvalue weighted by molar-refractivity contribution is 0.840. The minimum atomic E-state index is 0.685. The fourth-order valence-electron chi connectivity index (χ4n) is 0.597. The van der Waals surface area contributed by atoms with Gasteiger partial charge < -0.3 is 5.41 Å². The predicted molar refractivity (Wildman–Crippen MR) is 26.1 cm³/mol. The smallest absolute Gasteiger partial charge is 0.0130 e. The highest BCUT2D eigenvalue weighted by molar-refractivity contribution is 5.98. The summed E-state index contributed by atoms with van der Waals surface area (Å²) in [5.74, 6) is 0.685. The summed E-state index contributed by atoms with van der Waals surface area (Å²) in [7, 11) is 0. The van der Waals surface area contributed by atoms with Crippen molar-refractivity contribution in [3.63, 3.8) is 0 Å². The Labute approximate surface area is 37.9 Å². The van der Waals surface area contributed by atoms with Gasteiger partial charge in [0.05, 0.1) is 0 Å². The Bertz CT molecular complexity index is 76.0. The summed E-state index contributed by atoms with van der Waals surface area (Å²) in [6, 6.07) is 0. The molecule has 0 aromatic rings. The molecule has 1 saturated carbocycles. The van der Waals surface area contributed by atoms with Crippen molar-refractivity contribution < 1.29 is 0 Å². The van der Waals surface area contributed by atoms with Crippen molar-refractivity contribution >= 4 is 5.71 Å². The van der Waals surface area contributed by atoms with Gasteiger partial charge in [-0.2, -0.15) is 0 Å². The van der Waals surface area contributed by atoms with E-state index in [0.717, 1.165) is 12.1 Å². The molecule has 0 aliphatic heterocycles. The van der Waals surface area contributed by atoms with E-state index in [-0.39, 0.29) is 0 Å². The topological polar surface area (TPSA) is 23.9 Å². The van der Waals surface area contributed by atoms with Crippen molar-refractivity contribution in [2.45, 2.75) is 19.8 Å². The first-order valence-electron chi connectivity index (χ1n) is 2.42. The van der Waals surface area contributed by atoms with Crippen LogP contribution in [0.4, 0.5) is 0 Å². The molecule has 6 heavy (non-hydrogen) atoms. The standard InChI is InChI=1S/C5H9N/c1-2-4-3-5(4)6/h4,6H,2-3H2,1H3. The molecule has 0 radical (unpaired) electrons. The van der Waals surface area contributed by atoms with Crippen LogP contribution in [-0.2, 0) is 0 Å². The zero-order valence-corrected chi connectivity index (χ0v) is 3.99. The highest BCUT2D eigenvalue weighted by atomic mass is 14.5. The number of hydrogen-bond donors (Lipinski definition) is 1. The van der Waals surface area contributed by atoms with Crippen LogP contribution in [0.3, 0.4) is 0 Å². The fourth-order valence-corrected chi connectivity index (χ4v) is 0.597. The van der Waals surface area contributed by atoms with E-state index >= 15 is 0 Å². The highest BCUT2D eigenvalue weighted by Crippen LogP contribution is 2.26. The molecule has 0 aromatic heterocycles. The molecule has 0 heterocycles. The first-order valence-corrected chi connectivity index (χ1v) is 2.42. The maximum atomic E-state index is 6.97. The molecule has 0 amide bonds. The molecule has 0 spiro atoms. The van der Waals surface area contributed by atoms with Gasteiger partial charge in [-0.25, -0.2) is 0 Å². The van der Waals surface area contributed by atoms with Gasteiger partial charge in [0, 0.05) is 11.6 Å². The second-order valence-corrected chi connectivity index (χ2v) is 1.83. The molecule has 0 saturated heterocycles. The number of rotatable bonds is 1.